The average Bonchev–Trinajstić information content (AvgIpc) is 2.89. The highest BCUT2D eigenvalue weighted by atomic mass is 16.6. The van der Waals surface area contributed by atoms with Gasteiger partial charge in [0, 0.05) is 18.2 Å². The molecular weight excluding hydrogens is 260 g/mol. The van der Waals surface area contributed by atoms with Gasteiger partial charge in [0.05, 0.1) is 24.0 Å². The summed E-state index contributed by atoms with van der Waals surface area (Å²) in [4.78, 5) is 24.4. The standard InChI is InChI=1S/C14H18N2O4/c1-10-11(4-2-6-13(10)16(19)20)8-14(18)15-7-3-5-12(15)9-17/h2,4,6,12,17H,3,5,7-9H2,1H3/t12-/m0/s1. The summed E-state index contributed by atoms with van der Waals surface area (Å²) in [6.07, 6.45) is 1.85. The van der Waals surface area contributed by atoms with E-state index in [1.165, 1.54) is 6.07 Å². The normalized spacial score (nSPS) is 18.3. The number of likely N-dealkylation sites (tertiary alicyclic amines) is 1. The first-order valence-corrected chi connectivity index (χ1v) is 6.67. The summed E-state index contributed by atoms with van der Waals surface area (Å²) in [5.41, 5.74) is 1.24. The first kappa shape index (κ1) is 14.5. The summed E-state index contributed by atoms with van der Waals surface area (Å²) < 4.78 is 0. The summed E-state index contributed by atoms with van der Waals surface area (Å²) in [5.74, 6) is -0.0786. The van der Waals surface area contributed by atoms with Crippen LogP contribution in [0.1, 0.15) is 24.0 Å². The Hall–Kier alpha value is -1.95. The van der Waals surface area contributed by atoms with Crippen LogP contribution in [0.15, 0.2) is 18.2 Å². The van der Waals surface area contributed by atoms with Gasteiger partial charge in [-0.15, -0.1) is 0 Å². The molecule has 108 valence electrons. The summed E-state index contributed by atoms with van der Waals surface area (Å²) >= 11 is 0. The Labute approximate surface area is 117 Å². The number of aliphatic hydroxyl groups excluding tert-OH is 1. The van der Waals surface area contributed by atoms with Gasteiger partial charge in [-0.1, -0.05) is 12.1 Å². The lowest BCUT2D eigenvalue weighted by molar-refractivity contribution is -0.385. The van der Waals surface area contributed by atoms with Crippen LogP contribution in [0, 0.1) is 17.0 Å². The Morgan fingerprint density at radius 2 is 2.30 bits per heavy atom. The molecule has 0 aliphatic carbocycles. The quantitative estimate of drug-likeness (QED) is 0.667. The zero-order chi connectivity index (χ0) is 14.7. The van der Waals surface area contributed by atoms with Crippen molar-refractivity contribution in [3.05, 3.63) is 39.4 Å². The summed E-state index contributed by atoms with van der Waals surface area (Å²) in [6, 6.07) is 4.67. The van der Waals surface area contributed by atoms with E-state index in [1.54, 1.807) is 24.0 Å². The fourth-order valence-electron chi connectivity index (χ4n) is 2.68. The van der Waals surface area contributed by atoms with Crippen LogP contribution in [0.4, 0.5) is 5.69 Å². The summed E-state index contributed by atoms with van der Waals surface area (Å²) in [7, 11) is 0. The van der Waals surface area contributed by atoms with Gasteiger partial charge in [0.15, 0.2) is 0 Å². The first-order chi connectivity index (χ1) is 9.54. The Morgan fingerprint density at radius 3 is 2.95 bits per heavy atom. The molecule has 6 heteroatoms. The maximum Gasteiger partial charge on any atom is 0.272 e. The molecule has 1 aromatic carbocycles. The largest absolute Gasteiger partial charge is 0.394 e. The maximum atomic E-state index is 12.3. The third-order valence-corrected chi connectivity index (χ3v) is 3.86. The molecule has 0 saturated carbocycles. The van der Waals surface area contributed by atoms with Crippen LogP contribution in [-0.2, 0) is 11.2 Å². The number of carbonyl (C=O) groups is 1. The topological polar surface area (TPSA) is 83.7 Å². The fourth-order valence-corrected chi connectivity index (χ4v) is 2.68. The highest BCUT2D eigenvalue weighted by Crippen LogP contribution is 2.23. The second-order valence-corrected chi connectivity index (χ2v) is 5.06. The molecule has 0 radical (unpaired) electrons. The van der Waals surface area contributed by atoms with E-state index in [4.69, 9.17) is 0 Å². The van der Waals surface area contributed by atoms with Crippen molar-refractivity contribution < 1.29 is 14.8 Å². The lowest BCUT2D eigenvalue weighted by Gasteiger charge is -2.23. The van der Waals surface area contributed by atoms with Crippen LogP contribution in [0.3, 0.4) is 0 Å². The van der Waals surface area contributed by atoms with Crippen molar-refractivity contribution in [3.63, 3.8) is 0 Å². The molecule has 1 saturated heterocycles. The van der Waals surface area contributed by atoms with Gasteiger partial charge in [-0.3, -0.25) is 14.9 Å². The smallest absolute Gasteiger partial charge is 0.272 e. The monoisotopic (exact) mass is 278 g/mol. The van der Waals surface area contributed by atoms with E-state index >= 15 is 0 Å². The van der Waals surface area contributed by atoms with Crippen molar-refractivity contribution in [2.75, 3.05) is 13.2 Å². The maximum absolute atomic E-state index is 12.3. The molecule has 20 heavy (non-hydrogen) atoms. The molecule has 2 rings (SSSR count). The van der Waals surface area contributed by atoms with E-state index in [2.05, 4.69) is 0 Å². The molecule has 6 nitrogen and oxygen atoms in total. The predicted octanol–water partition coefficient (Wildman–Crippen LogP) is 1.43. The number of aliphatic hydroxyl groups is 1. The Kier molecular flexibility index (Phi) is 4.34. The molecular formula is C14H18N2O4. The molecule has 1 heterocycles. The van der Waals surface area contributed by atoms with Crippen LogP contribution in [0.5, 0.6) is 0 Å². The molecule has 1 atom stereocenters. The van der Waals surface area contributed by atoms with E-state index in [0.717, 1.165) is 12.8 Å². The molecule has 0 spiro atoms. The molecule has 0 bridgehead atoms. The van der Waals surface area contributed by atoms with Gasteiger partial charge >= 0.3 is 0 Å². The van der Waals surface area contributed by atoms with Gasteiger partial charge in [0.2, 0.25) is 5.91 Å². The zero-order valence-electron chi connectivity index (χ0n) is 11.4. The van der Waals surface area contributed by atoms with Crippen molar-refractivity contribution in [1.29, 1.82) is 0 Å². The van der Waals surface area contributed by atoms with Gasteiger partial charge in [-0.25, -0.2) is 0 Å². The fraction of sp³-hybridized carbons (Fsp3) is 0.500. The third-order valence-electron chi connectivity index (χ3n) is 3.86. The number of hydrogen-bond donors (Lipinski definition) is 1. The van der Waals surface area contributed by atoms with E-state index in [-0.39, 0.29) is 30.7 Å². The third kappa shape index (κ3) is 2.80. The van der Waals surface area contributed by atoms with Gasteiger partial charge in [0.1, 0.15) is 0 Å². The van der Waals surface area contributed by atoms with Crippen molar-refractivity contribution in [2.24, 2.45) is 0 Å². The SMILES string of the molecule is Cc1c(CC(=O)N2CCC[C@H]2CO)cccc1[N+](=O)[O-]. The number of nitrogens with zero attached hydrogens (tertiary/aromatic N) is 2. The lowest BCUT2D eigenvalue weighted by Crippen LogP contribution is -2.38. The van der Waals surface area contributed by atoms with Crippen LogP contribution >= 0.6 is 0 Å². The first-order valence-electron chi connectivity index (χ1n) is 6.67. The number of amides is 1. The minimum absolute atomic E-state index is 0.0281. The molecule has 0 aromatic heterocycles. The van der Waals surface area contributed by atoms with Crippen LogP contribution < -0.4 is 0 Å². The van der Waals surface area contributed by atoms with E-state index in [0.29, 0.717) is 17.7 Å². The molecule has 1 aromatic rings. The van der Waals surface area contributed by atoms with Gasteiger partial charge in [0.25, 0.3) is 5.69 Å². The molecule has 1 aliphatic rings. The number of benzene rings is 1. The van der Waals surface area contributed by atoms with Crippen LogP contribution in [0.25, 0.3) is 0 Å². The number of rotatable bonds is 4. The zero-order valence-corrected chi connectivity index (χ0v) is 11.4. The Morgan fingerprint density at radius 1 is 1.55 bits per heavy atom. The van der Waals surface area contributed by atoms with Crippen molar-refractivity contribution in [2.45, 2.75) is 32.2 Å². The highest BCUT2D eigenvalue weighted by molar-refractivity contribution is 5.80. The number of nitro benzene ring substituents is 1. The van der Waals surface area contributed by atoms with Crippen molar-refractivity contribution >= 4 is 11.6 Å². The number of carbonyl (C=O) groups excluding carboxylic acids is 1. The molecule has 0 unspecified atom stereocenters. The van der Waals surface area contributed by atoms with E-state index in [1.807, 2.05) is 0 Å². The Bertz CT molecular complexity index is 530. The molecule has 1 amide bonds. The minimum atomic E-state index is -0.435. The molecule has 1 aliphatic heterocycles. The summed E-state index contributed by atoms with van der Waals surface area (Å²) in [5, 5.41) is 20.1. The Balaban J connectivity index is 2.16. The van der Waals surface area contributed by atoms with E-state index in [9.17, 15) is 20.0 Å². The van der Waals surface area contributed by atoms with Crippen molar-refractivity contribution in [1.82, 2.24) is 4.90 Å². The van der Waals surface area contributed by atoms with Crippen molar-refractivity contribution in [3.8, 4) is 0 Å². The van der Waals surface area contributed by atoms with Crippen LogP contribution in [-0.4, -0.2) is 40.0 Å². The second-order valence-electron chi connectivity index (χ2n) is 5.06. The predicted molar refractivity (Wildman–Crippen MR) is 73.4 cm³/mol. The van der Waals surface area contributed by atoms with E-state index < -0.39 is 4.92 Å². The van der Waals surface area contributed by atoms with Crippen LogP contribution in [0.2, 0.25) is 0 Å². The minimum Gasteiger partial charge on any atom is -0.394 e. The van der Waals surface area contributed by atoms with Gasteiger partial charge in [-0.2, -0.15) is 0 Å². The molecule has 1 fully saturated rings. The van der Waals surface area contributed by atoms with Gasteiger partial charge < -0.3 is 10.0 Å². The van der Waals surface area contributed by atoms with Gasteiger partial charge in [-0.05, 0) is 25.3 Å². The lowest BCUT2D eigenvalue weighted by atomic mass is 10.0. The summed E-state index contributed by atoms with van der Waals surface area (Å²) in [6.45, 7) is 2.28. The second kappa shape index (κ2) is 6.00. The average molecular weight is 278 g/mol. The highest BCUT2D eigenvalue weighted by Gasteiger charge is 2.28. The number of nitro groups is 1. The molecule has 1 N–H and O–H groups in total. The number of hydrogen-bond acceptors (Lipinski definition) is 4.